The van der Waals surface area contributed by atoms with Crippen molar-refractivity contribution >= 4 is 17.6 Å². The summed E-state index contributed by atoms with van der Waals surface area (Å²) in [5.74, 6) is 0. The monoisotopic (exact) mass is 245 g/mol. The highest BCUT2D eigenvalue weighted by molar-refractivity contribution is 7.13. The van der Waals surface area contributed by atoms with E-state index in [4.69, 9.17) is 0 Å². The van der Waals surface area contributed by atoms with Crippen LogP contribution in [0.4, 0.5) is 0 Å². The average Bonchev–Trinajstić information content (AvgIpc) is 2.81. The van der Waals surface area contributed by atoms with Gasteiger partial charge >= 0.3 is 0 Å². The quantitative estimate of drug-likeness (QED) is 0.770. The molecule has 0 aliphatic carbocycles. The molecular weight excluding hydrogens is 230 g/mol. The van der Waals surface area contributed by atoms with Crippen LogP contribution in [0, 0.1) is 0 Å². The summed E-state index contributed by atoms with van der Waals surface area (Å²) in [5.41, 5.74) is 3.04. The third kappa shape index (κ3) is 2.81. The Morgan fingerprint density at radius 2 is 2.12 bits per heavy atom. The lowest BCUT2D eigenvalue weighted by Crippen LogP contribution is -2.12. The predicted molar refractivity (Wildman–Crippen MR) is 72.5 cm³/mol. The van der Waals surface area contributed by atoms with Crippen molar-refractivity contribution in [3.63, 3.8) is 0 Å². The summed E-state index contributed by atoms with van der Waals surface area (Å²) in [6.07, 6.45) is 0.928. The van der Waals surface area contributed by atoms with Crippen LogP contribution in [0.5, 0.6) is 0 Å². The van der Waals surface area contributed by atoms with E-state index in [9.17, 15) is 4.79 Å². The SMILES string of the molecule is CN(C)Cc1cc(-c2cccs2)ccc1C=O. The Kier molecular flexibility index (Phi) is 3.71. The smallest absolute Gasteiger partial charge is 0.150 e. The molecular formula is C14H15NOS. The summed E-state index contributed by atoms with van der Waals surface area (Å²) in [5, 5.41) is 2.06. The summed E-state index contributed by atoms with van der Waals surface area (Å²) in [7, 11) is 4.01. The van der Waals surface area contributed by atoms with Crippen LogP contribution in [0.2, 0.25) is 0 Å². The Labute approximate surface area is 106 Å². The maximum atomic E-state index is 11.0. The number of hydrogen-bond acceptors (Lipinski definition) is 3. The van der Waals surface area contributed by atoms with Crippen molar-refractivity contribution in [2.24, 2.45) is 0 Å². The highest BCUT2D eigenvalue weighted by atomic mass is 32.1. The molecule has 88 valence electrons. The zero-order chi connectivity index (χ0) is 12.3. The summed E-state index contributed by atoms with van der Waals surface area (Å²) < 4.78 is 0. The van der Waals surface area contributed by atoms with Gasteiger partial charge in [0, 0.05) is 17.0 Å². The Bertz CT molecular complexity index is 503. The van der Waals surface area contributed by atoms with Crippen LogP contribution < -0.4 is 0 Å². The number of aldehydes is 1. The van der Waals surface area contributed by atoms with Crippen LogP contribution in [0.3, 0.4) is 0 Å². The number of carbonyl (C=O) groups is 1. The second kappa shape index (κ2) is 5.25. The van der Waals surface area contributed by atoms with Gasteiger partial charge in [0.25, 0.3) is 0 Å². The van der Waals surface area contributed by atoms with E-state index in [1.165, 1.54) is 10.4 Å². The first-order chi connectivity index (χ1) is 8.20. The molecule has 1 heterocycles. The molecule has 0 fully saturated rings. The van der Waals surface area contributed by atoms with Crippen molar-refractivity contribution in [1.82, 2.24) is 4.90 Å². The van der Waals surface area contributed by atoms with Gasteiger partial charge in [0.05, 0.1) is 0 Å². The number of nitrogens with zero attached hydrogens (tertiary/aromatic N) is 1. The number of rotatable bonds is 4. The van der Waals surface area contributed by atoms with Crippen LogP contribution in [0.25, 0.3) is 10.4 Å². The van der Waals surface area contributed by atoms with Gasteiger partial charge in [-0.2, -0.15) is 0 Å². The molecule has 17 heavy (non-hydrogen) atoms. The number of carbonyl (C=O) groups excluding carboxylic acids is 1. The van der Waals surface area contributed by atoms with Gasteiger partial charge in [-0.1, -0.05) is 18.2 Å². The molecule has 0 amide bonds. The molecule has 0 aliphatic heterocycles. The lowest BCUT2D eigenvalue weighted by atomic mass is 10.0. The molecule has 1 aromatic carbocycles. The second-order valence-corrected chi connectivity index (χ2v) is 5.19. The molecule has 2 nitrogen and oxygen atoms in total. The van der Waals surface area contributed by atoms with E-state index >= 15 is 0 Å². The van der Waals surface area contributed by atoms with Gasteiger partial charge in [-0.3, -0.25) is 4.79 Å². The maximum Gasteiger partial charge on any atom is 0.150 e. The van der Waals surface area contributed by atoms with Gasteiger partial charge in [-0.15, -0.1) is 11.3 Å². The Hall–Kier alpha value is -1.45. The van der Waals surface area contributed by atoms with Crippen LogP contribution >= 0.6 is 11.3 Å². The molecule has 0 N–H and O–H groups in total. The zero-order valence-corrected chi connectivity index (χ0v) is 10.8. The standard InChI is InChI=1S/C14H15NOS/c1-15(2)9-13-8-11(5-6-12(13)10-16)14-4-3-7-17-14/h3-8,10H,9H2,1-2H3. The molecule has 2 aromatic rings. The van der Waals surface area contributed by atoms with E-state index in [-0.39, 0.29) is 0 Å². The minimum Gasteiger partial charge on any atom is -0.305 e. The van der Waals surface area contributed by atoms with Crippen molar-refractivity contribution in [3.05, 3.63) is 46.8 Å². The number of hydrogen-bond donors (Lipinski definition) is 0. The molecule has 0 radical (unpaired) electrons. The lowest BCUT2D eigenvalue weighted by molar-refractivity contribution is 0.112. The molecule has 0 atom stereocenters. The van der Waals surface area contributed by atoms with E-state index in [1.807, 2.05) is 32.3 Å². The summed E-state index contributed by atoms with van der Waals surface area (Å²) >= 11 is 1.72. The van der Waals surface area contributed by atoms with Crippen molar-refractivity contribution in [2.45, 2.75) is 6.54 Å². The van der Waals surface area contributed by atoms with E-state index in [1.54, 1.807) is 11.3 Å². The highest BCUT2D eigenvalue weighted by Gasteiger charge is 2.06. The van der Waals surface area contributed by atoms with Gasteiger partial charge in [0.2, 0.25) is 0 Å². The molecule has 0 unspecified atom stereocenters. The first-order valence-corrected chi connectivity index (χ1v) is 6.35. The Balaban J connectivity index is 2.41. The Morgan fingerprint density at radius 3 is 2.71 bits per heavy atom. The van der Waals surface area contributed by atoms with Crippen LogP contribution in [0.15, 0.2) is 35.7 Å². The summed E-state index contributed by atoms with van der Waals surface area (Å²) in [4.78, 5) is 14.3. The highest BCUT2D eigenvalue weighted by Crippen LogP contribution is 2.26. The van der Waals surface area contributed by atoms with E-state index in [2.05, 4.69) is 22.4 Å². The zero-order valence-electron chi connectivity index (χ0n) is 10.0. The maximum absolute atomic E-state index is 11.0. The summed E-state index contributed by atoms with van der Waals surface area (Å²) in [6.45, 7) is 0.785. The van der Waals surface area contributed by atoms with Gasteiger partial charge in [-0.25, -0.2) is 0 Å². The molecule has 0 saturated heterocycles. The third-order valence-electron chi connectivity index (χ3n) is 2.56. The first-order valence-electron chi connectivity index (χ1n) is 5.47. The fourth-order valence-corrected chi connectivity index (χ4v) is 2.52. The van der Waals surface area contributed by atoms with Crippen molar-refractivity contribution in [2.75, 3.05) is 14.1 Å². The summed E-state index contributed by atoms with van der Waals surface area (Å²) in [6, 6.07) is 10.2. The second-order valence-electron chi connectivity index (χ2n) is 4.25. The third-order valence-corrected chi connectivity index (χ3v) is 3.48. The molecule has 0 bridgehead atoms. The van der Waals surface area contributed by atoms with Gasteiger partial charge in [0.15, 0.2) is 0 Å². The molecule has 2 rings (SSSR count). The van der Waals surface area contributed by atoms with Crippen LogP contribution in [0.1, 0.15) is 15.9 Å². The van der Waals surface area contributed by atoms with E-state index < -0.39 is 0 Å². The molecule has 3 heteroatoms. The van der Waals surface area contributed by atoms with Gasteiger partial charge < -0.3 is 4.90 Å². The molecule has 1 aromatic heterocycles. The van der Waals surface area contributed by atoms with Crippen molar-refractivity contribution < 1.29 is 4.79 Å². The minimum atomic E-state index is 0.777. The van der Waals surface area contributed by atoms with E-state index in [0.717, 1.165) is 24.0 Å². The first kappa shape index (κ1) is 12.0. The fraction of sp³-hybridized carbons (Fsp3) is 0.214. The van der Waals surface area contributed by atoms with Crippen molar-refractivity contribution in [3.8, 4) is 10.4 Å². The van der Waals surface area contributed by atoms with Gasteiger partial charge in [-0.05, 0) is 42.7 Å². The average molecular weight is 245 g/mol. The largest absolute Gasteiger partial charge is 0.305 e. The van der Waals surface area contributed by atoms with Crippen LogP contribution in [-0.4, -0.2) is 25.3 Å². The molecule has 0 saturated carbocycles. The number of benzene rings is 1. The lowest BCUT2D eigenvalue weighted by Gasteiger charge is -2.12. The Morgan fingerprint density at radius 1 is 1.29 bits per heavy atom. The van der Waals surface area contributed by atoms with E-state index in [0.29, 0.717) is 0 Å². The molecule has 0 aliphatic rings. The van der Waals surface area contributed by atoms with Crippen LogP contribution in [-0.2, 0) is 6.54 Å². The van der Waals surface area contributed by atoms with Gasteiger partial charge in [0.1, 0.15) is 6.29 Å². The predicted octanol–water partition coefficient (Wildman–Crippen LogP) is 3.29. The normalized spacial score (nSPS) is 10.8. The molecule has 0 spiro atoms. The minimum absolute atomic E-state index is 0.777. The topological polar surface area (TPSA) is 20.3 Å². The fourth-order valence-electron chi connectivity index (χ4n) is 1.79. The number of thiophene rings is 1. The van der Waals surface area contributed by atoms with Crippen molar-refractivity contribution in [1.29, 1.82) is 0 Å².